The lowest BCUT2D eigenvalue weighted by Gasteiger charge is -2.09. The monoisotopic (exact) mass is 321 g/mol. The van der Waals surface area contributed by atoms with Gasteiger partial charge in [0.05, 0.1) is 6.26 Å². The van der Waals surface area contributed by atoms with Gasteiger partial charge in [0.1, 0.15) is 12.6 Å². The van der Waals surface area contributed by atoms with Gasteiger partial charge in [0, 0.05) is 16.8 Å². The number of nitrogens with one attached hydrogen (secondary N) is 1. The molecular formula is C20H21N2O2+. The van der Waals surface area contributed by atoms with Crippen molar-refractivity contribution >= 4 is 11.6 Å². The third-order valence-electron chi connectivity index (χ3n) is 3.95. The topological polar surface area (TPSA) is 58.9 Å². The maximum absolute atomic E-state index is 12.2. The third-order valence-corrected chi connectivity index (χ3v) is 3.95. The maximum atomic E-state index is 12.2. The summed E-state index contributed by atoms with van der Waals surface area (Å²) in [5, 5.41) is 5.09. The van der Waals surface area contributed by atoms with Gasteiger partial charge in [0.2, 0.25) is 0 Å². The van der Waals surface area contributed by atoms with Crippen molar-refractivity contribution in [3.63, 3.8) is 0 Å². The molecule has 1 atom stereocenters. The second kappa shape index (κ2) is 7.62. The number of benzene rings is 2. The van der Waals surface area contributed by atoms with Crippen LogP contribution in [0.2, 0.25) is 0 Å². The molecule has 0 unspecified atom stereocenters. The molecule has 0 fully saturated rings. The van der Waals surface area contributed by atoms with Crippen molar-refractivity contribution in [2.45, 2.75) is 19.5 Å². The van der Waals surface area contributed by atoms with Crippen LogP contribution in [0.4, 0.5) is 5.69 Å². The van der Waals surface area contributed by atoms with Crippen molar-refractivity contribution in [1.29, 1.82) is 0 Å². The first kappa shape index (κ1) is 16.0. The van der Waals surface area contributed by atoms with E-state index in [0.29, 0.717) is 5.56 Å². The Morgan fingerprint density at radius 2 is 1.79 bits per heavy atom. The van der Waals surface area contributed by atoms with Crippen LogP contribution in [0.25, 0.3) is 0 Å². The van der Waals surface area contributed by atoms with Gasteiger partial charge in [0.15, 0.2) is 5.76 Å². The van der Waals surface area contributed by atoms with Gasteiger partial charge in [-0.05, 0) is 43.3 Å². The molecule has 0 aliphatic heterocycles. The van der Waals surface area contributed by atoms with Crippen LogP contribution >= 0.6 is 0 Å². The van der Waals surface area contributed by atoms with Crippen molar-refractivity contribution < 1.29 is 14.5 Å². The summed E-state index contributed by atoms with van der Waals surface area (Å²) in [6, 6.07) is 21.3. The van der Waals surface area contributed by atoms with E-state index < -0.39 is 0 Å². The molecule has 0 saturated heterocycles. The van der Waals surface area contributed by atoms with Crippen molar-refractivity contribution in [3.05, 3.63) is 89.9 Å². The van der Waals surface area contributed by atoms with Crippen molar-refractivity contribution in [2.75, 3.05) is 5.32 Å². The quantitative estimate of drug-likeness (QED) is 0.731. The Balaban J connectivity index is 1.56. The molecule has 1 aromatic heterocycles. The van der Waals surface area contributed by atoms with Crippen molar-refractivity contribution in [3.8, 4) is 0 Å². The van der Waals surface area contributed by atoms with Gasteiger partial charge in [-0.1, -0.05) is 30.3 Å². The SMILES string of the molecule is C[C@@H]([NH2+]Cc1ccc(C(=O)Nc2ccccc2)cc1)c1ccco1. The molecule has 2 aromatic carbocycles. The highest BCUT2D eigenvalue weighted by molar-refractivity contribution is 6.04. The van der Waals surface area contributed by atoms with Crippen LogP contribution < -0.4 is 10.6 Å². The minimum Gasteiger partial charge on any atom is -0.463 e. The lowest BCUT2D eigenvalue weighted by Crippen LogP contribution is -2.82. The molecule has 0 saturated carbocycles. The van der Waals surface area contributed by atoms with E-state index in [9.17, 15) is 4.79 Å². The summed E-state index contributed by atoms with van der Waals surface area (Å²) in [5.74, 6) is 0.870. The predicted molar refractivity (Wildman–Crippen MR) is 93.6 cm³/mol. The van der Waals surface area contributed by atoms with Gasteiger partial charge in [-0.2, -0.15) is 0 Å². The van der Waals surface area contributed by atoms with Gasteiger partial charge in [0.25, 0.3) is 5.91 Å². The lowest BCUT2D eigenvalue weighted by atomic mass is 10.1. The number of amides is 1. The fourth-order valence-corrected chi connectivity index (χ4v) is 2.50. The first-order valence-electron chi connectivity index (χ1n) is 8.04. The van der Waals surface area contributed by atoms with Gasteiger partial charge in [-0.25, -0.2) is 0 Å². The number of hydrogen-bond acceptors (Lipinski definition) is 2. The molecule has 1 amide bonds. The highest BCUT2D eigenvalue weighted by atomic mass is 16.3. The second-order valence-electron chi connectivity index (χ2n) is 5.76. The average Bonchev–Trinajstić information content (AvgIpc) is 3.16. The van der Waals surface area contributed by atoms with Crippen LogP contribution in [-0.4, -0.2) is 5.91 Å². The lowest BCUT2D eigenvalue weighted by molar-refractivity contribution is -0.709. The molecule has 0 spiro atoms. The number of carbonyl (C=O) groups is 1. The Labute approximate surface area is 141 Å². The number of anilines is 1. The Kier molecular flexibility index (Phi) is 5.08. The van der Waals surface area contributed by atoms with Gasteiger partial charge in [-0.15, -0.1) is 0 Å². The molecule has 0 aliphatic carbocycles. The van der Waals surface area contributed by atoms with E-state index in [-0.39, 0.29) is 11.9 Å². The van der Waals surface area contributed by atoms with E-state index in [1.807, 2.05) is 66.7 Å². The molecule has 24 heavy (non-hydrogen) atoms. The zero-order valence-corrected chi connectivity index (χ0v) is 13.6. The molecule has 4 nitrogen and oxygen atoms in total. The fourth-order valence-electron chi connectivity index (χ4n) is 2.50. The molecule has 1 heterocycles. The standard InChI is InChI=1S/C20H20N2O2/c1-15(19-8-5-13-24-19)21-14-16-9-11-17(12-10-16)20(23)22-18-6-3-2-4-7-18/h2-13,15,21H,14H2,1H3,(H,22,23)/p+1/t15-/m1/s1. The molecular weight excluding hydrogens is 300 g/mol. The average molecular weight is 321 g/mol. The smallest absolute Gasteiger partial charge is 0.255 e. The summed E-state index contributed by atoms with van der Waals surface area (Å²) in [6.07, 6.45) is 1.69. The largest absolute Gasteiger partial charge is 0.463 e. The van der Waals surface area contributed by atoms with E-state index in [0.717, 1.165) is 18.0 Å². The van der Waals surface area contributed by atoms with Crippen molar-refractivity contribution in [2.24, 2.45) is 0 Å². The number of nitrogens with two attached hydrogens (primary N) is 1. The summed E-state index contributed by atoms with van der Waals surface area (Å²) >= 11 is 0. The molecule has 122 valence electrons. The summed E-state index contributed by atoms with van der Waals surface area (Å²) in [5.41, 5.74) is 2.62. The first-order valence-corrected chi connectivity index (χ1v) is 8.04. The van der Waals surface area contributed by atoms with E-state index in [1.165, 1.54) is 5.56 Å². The highest BCUT2D eigenvalue weighted by Crippen LogP contribution is 2.11. The second-order valence-corrected chi connectivity index (χ2v) is 5.76. The highest BCUT2D eigenvalue weighted by Gasteiger charge is 2.11. The predicted octanol–water partition coefficient (Wildman–Crippen LogP) is 3.36. The molecule has 0 radical (unpaired) electrons. The van der Waals surface area contributed by atoms with Crippen LogP contribution in [-0.2, 0) is 6.54 Å². The van der Waals surface area contributed by atoms with Crippen molar-refractivity contribution in [1.82, 2.24) is 0 Å². The minimum atomic E-state index is -0.0966. The van der Waals surface area contributed by atoms with Crippen LogP contribution in [0.5, 0.6) is 0 Å². The van der Waals surface area contributed by atoms with Crippen LogP contribution in [0.15, 0.2) is 77.4 Å². The molecule has 0 aliphatic rings. The zero-order valence-electron chi connectivity index (χ0n) is 13.6. The minimum absolute atomic E-state index is 0.0966. The summed E-state index contributed by atoms with van der Waals surface area (Å²) < 4.78 is 5.41. The summed E-state index contributed by atoms with van der Waals surface area (Å²) in [4.78, 5) is 12.2. The third kappa shape index (κ3) is 4.12. The number of furan rings is 1. The number of carbonyl (C=O) groups excluding carboxylic acids is 1. The Morgan fingerprint density at radius 1 is 1.04 bits per heavy atom. The Bertz CT molecular complexity index is 765. The van der Waals surface area contributed by atoms with Crippen LogP contribution in [0.3, 0.4) is 0 Å². The summed E-state index contributed by atoms with van der Waals surface area (Å²) in [6.45, 7) is 2.95. The zero-order chi connectivity index (χ0) is 16.8. The molecule has 3 aromatic rings. The molecule has 3 N–H and O–H groups in total. The van der Waals surface area contributed by atoms with Gasteiger partial charge >= 0.3 is 0 Å². The molecule has 4 heteroatoms. The normalized spacial score (nSPS) is 11.9. The maximum Gasteiger partial charge on any atom is 0.255 e. The van der Waals surface area contributed by atoms with Gasteiger partial charge < -0.3 is 15.1 Å². The number of para-hydroxylation sites is 1. The number of quaternary nitrogens is 1. The number of hydrogen-bond donors (Lipinski definition) is 2. The number of rotatable bonds is 6. The van der Waals surface area contributed by atoms with Gasteiger partial charge in [-0.3, -0.25) is 4.79 Å². The van der Waals surface area contributed by atoms with E-state index >= 15 is 0 Å². The van der Waals surface area contributed by atoms with E-state index in [1.54, 1.807) is 6.26 Å². The van der Waals surface area contributed by atoms with Crippen LogP contribution in [0, 0.1) is 0 Å². The Morgan fingerprint density at radius 3 is 2.46 bits per heavy atom. The van der Waals surface area contributed by atoms with Crippen LogP contribution in [0.1, 0.15) is 34.6 Å². The molecule has 3 rings (SSSR count). The van der Waals surface area contributed by atoms with E-state index in [2.05, 4.69) is 17.6 Å². The summed E-state index contributed by atoms with van der Waals surface area (Å²) in [7, 11) is 0. The first-order chi connectivity index (χ1) is 11.7. The fraction of sp³-hybridized carbons (Fsp3) is 0.150. The van der Waals surface area contributed by atoms with E-state index in [4.69, 9.17) is 4.42 Å². The molecule has 0 bridgehead atoms. The Hall–Kier alpha value is -2.85.